The molecule has 0 aliphatic carbocycles. The van der Waals surface area contributed by atoms with Crippen molar-refractivity contribution in [3.8, 4) is 5.75 Å². The predicted molar refractivity (Wildman–Crippen MR) is 54.5 cm³/mol. The zero-order valence-electron chi connectivity index (χ0n) is 7.94. The molecule has 1 amide bonds. The summed E-state index contributed by atoms with van der Waals surface area (Å²) in [5, 5.41) is 9.28. The fraction of sp³-hybridized carbons (Fsp3) is 0. The number of aromatic hydroxyl groups is 1. The summed E-state index contributed by atoms with van der Waals surface area (Å²) in [7, 11) is 0. The molecule has 6 nitrogen and oxygen atoms in total. The molecule has 0 aliphatic heterocycles. The first kappa shape index (κ1) is 11.5. The Hall–Kier alpha value is -2.62. The van der Waals surface area contributed by atoms with E-state index >= 15 is 0 Å². The van der Waals surface area contributed by atoms with Crippen LogP contribution < -0.4 is 11.5 Å². The number of nitrogens with two attached hydrogens (primary N) is 2. The zero-order valence-corrected chi connectivity index (χ0v) is 7.94. The van der Waals surface area contributed by atoms with Gasteiger partial charge in [-0.15, -0.1) is 0 Å². The molecule has 0 saturated heterocycles. The smallest absolute Gasteiger partial charge is 0.285 e. The molecule has 7 heteroatoms. The third kappa shape index (κ3) is 2.06. The van der Waals surface area contributed by atoms with Gasteiger partial charge in [-0.1, -0.05) is 0 Å². The average Bonchev–Trinajstić information content (AvgIpc) is 2.16. The first-order valence-electron chi connectivity index (χ1n) is 4.00. The van der Waals surface area contributed by atoms with Crippen LogP contribution in [0.4, 0.5) is 10.1 Å². The van der Waals surface area contributed by atoms with Crippen LogP contribution in [0, 0.1) is 12.4 Å². The van der Waals surface area contributed by atoms with Crippen LogP contribution >= 0.6 is 0 Å². The van der Waals surface area contributed by atoms with Crippen LogP contribution in [0.3, 0.4) is 0 Å². The highest BCUT2D eigenvalue weighted by Gasteiger charge is 2.19. The molecule has 0 fully saturated rings. The number of carbonyl (C=O) groups is 1. The highest BCUT2D eigenvalue weighted by molar-refractivity contribution is 6.04. The van der Waals surface area contributed by atoms with Crippen molar-refractivity contribution in [3.63, 3.8) is 0 Å². The lowest BCUT2D eigenvalue weighted by Gasteiger charge is -2.03. The van der Waals surface area contributed by atoms with E-state index in [1.165, 1.54) is 0 Å². The molecule has 0 aromatic heterocycles. The van der Waals surface area contributed by atoms with Crippen LogP contribution in [0.1, 0.15) is 10.4 Å². The topological polar surface area (TPSA) is 106 Å². The quantitative estimate of drug-likeness (QED) is 0.365. The maximum absolute atomic E-state index is 13.5. The Morgan fingerprint density at radius 3 is 2.62 bits per heavy atom. The molecule has 5 N–H and O–H groups in total. The summed E-state index contributed by atoms with van der Waals surface area (Å²) in [6, 6.07) is 2.07. The molecule has 0 saturated carbocycles. The van der Waals surface area contributed by atoms with Gasteiger partial charge >= 0.3 is 0 Å². The van der Waals surface area contributed by atoms with Crippen LogP contribution in [0.15, 0.2) is 17.1 Å². The van der Waals surface area contributed by atoms with Gasteiger partial charge < -0.3 is 16.6 Å². The van der Waals surface area contributed by atoms with Crippen molar-refractivity contribution in [1.82, 2.24) is 0 Å². The van der Waals surface area contributed by atoms with Crippen molar-refractivity contribution in [2.24, 2.45) is 16.5 Å². The predicted octanol–water partition coefficient (Wildman–Crippen LogP) is 0.496. The molecule has 0 atom stereocenters. The third-order valence-electron chi connectivity index (χ3n) is 1.66. The van der Waals surface area contributed by atoms with Crippen molar-refractivity contribution in [2.45, 2.75) is 0 Å². The first-order chi connectivity index (χ1) is 7.47. The number of amides is 1. The minimum atomic E-state index is -1.15. The molecule has 0 radical (unpaired) electrons. The standard InChI is InChI=1S/C9H7FN4O2/c1-13-4-2-3-5(15)6(7(4)10)8(16)14-9(11)12/h2-3,15H,(H4,11,12,14,16). The number of carbonyl (C=O) groups excluding carboxylic acids is 1. The normalized spacial score (nSPS) is 9.25. The molecule has 0 unspecified atom stereocenters. The van der Waals surface area contributed by atoms with E-state index in [2.05, 4.69) is 9.84 Å². The molecule has 82 valence electrons. The average molecular weight is 222 g/mol. The Kier molecular flexibility index (Phi) is 3.06. The lowest BCUT2D eigenvalue weighted by atomic mass is 10.1. The number of hydrogen-bond donors (Lipinski definition) is 3. The van der Waals surface area contributed by atoms with Gasteiger partial charge in [-0.3, -0.25) is 4.79 Å². The van der Waals surface area contributed by atoms with Gasteiger partial charge in [0.1, 0.15) is 17.1 Å². The van der Waals surface area contributed by atoms with Crippen molar-refractivity contribution in [1.29, 1.82) is 0 Å². The number of rotatable bonds is 1. The molecule has 1 aromatic rings. The van der Waals surface area contributed by atoms with E-state index in [-0.39, 0.29) is 0 Å². The van der Waals surface area contributed by atoms with Gasteiger partial charge in [0.25, 0.3) is 5.91 Å². The zero-order chi connectivity index (χ0) is 12.3. The van der Waals surface area contributed by atoms with Crippen LogP contribution in [0.2, 0.25) is 0 Å². The van der Waals surface area contributed by atoms with E-state index in [0.29, 0.717) is 0 Å². The van der Waals surface area contributed by atoms with E-state index in [4.69, 9.17) is 18.0 Å². The Balaban J connectivity index is 3.39. The molecule has 0 aliphatic rings. The fourth-order valence-corrected chi connectivity index (χ4v) is 1.02. The van der Waals surface area contributed by atoms with Crippen LogP contribution in [-0.4, -0.2) is 17.0 Å². The van der Waals surface area contributed by atoms with Crippen LogP contribution in [0.5, 0.6) is 5.75 Å². The van der Waals surface area contributed by atoms with Crippen LogP contribution in [0.25, 0.3) is 4.85 Å². The number of benzene rings is 1. The number of nitrogens with zero attached hydrogens (tertiary/aromatic N) is 2. The van der Waals surface area contributed by atoms with E-state index in [1.807, 2.05) is 0 Å². The van der Waals surface area contributed by atoms with E-state index in [9.17, 15) is 14.3 Å². The van der Waals surface area contributed by atoms with E-state index in [0.717, 1.165) is 12.1 Å². The second-order valence-electron chi connectivity index (χ2n) is 2.75. The Bertz CT molecular complexity index is 515. The molecule has 0 spiro atoms. The van der Waals surface area contributed by atoms with Gasteiger partial charge in [0, 0.05) is 0 Å². The Morgan fingerprint density at radius 1 is 1.50 bits per heavy atom. The maximum atomic E-state index is 13.5. The van der Waals surface area contributed by atoms with Gasteiger partial charge in [-0.25, -0.2) is 9.24 Å². The number of phenols is 1. The molecule has 1 rings (SSSR count). The minimum Gasteiger partial charge on any atom is -0.507 e. The molecule has 1 aromatic carbocycles. The van der Waals surface area contributed by atoms with Crippen LogP contribution in [-0.2, 0) is 0 Å². The first-order valence-corrected chi connectivity index (χ1v) is 4.00. The molecule has 0 heterocycles. The maximum Gasteiger partial charge on any atom is 0.285 e. The monoisotopic (exact) mass is 222 g/mol. The minimum absolute atomic E-state index is 0.396. The second kappa shape index (κ2) is 4.27. The molecular weight excluding hydrogens is 215 g/mol. The van der Waals surface area contributed by atoms with Gasteiger partial charge in [-0.05, 0) is 12.1 Å². The third-order valence-corrected chi connectivity index (χ3v) is 1.66. The van der Waals surface area contributed by atoms with Crippen molar-refractivity contribution in [2.75, 3.05) is 0 Å². The summed E-state index contributed by atoms with van der Waals surface area (Å²) in [4.78, 5) is 17.2. The van der Waals surface area contributed by atoms with Gasteiger partial charge in [0.05, 0.1) is 6.57 Å². The molecular formula is C9H7FN4O2. The summed E-state index contributed by atoms with van der Waals surface area (Å²) in [5.74, 6) is -3.47. The Labute approximate surface area is 89.8 Å². The largest absolute Gasteiger partial charge is 0.507 e. The lowest BCUT2D eigenvalue weighted by Crippen LogP contribution is -2.24. The number of hydrogen-bond acceptors (Lipinski definition) is 2. The number of aliphatic imine (C=N–C) groups is 1. The fourth-order valence-electron chi connectivity index (χ4n) is 1.02. The highest BCUT2D eigenvalue weighted by atomic mass is 19.1. The lowest BCUT2D eigenvalue weighted by molar-refractivity contribution is 0.0996. The molecule has 16 heavy (non-hydrogen) atoms. The van der Waals surface area contributed by atoms with E-state index < -0.39 is 34.7 Å². The van der Waals surface area contributed by atoms with Crippen molar-refractivity contribution < 1.29 is 14.3 Å². The van der Waals surface area contributed by atoms with Crippen molar-refractivity contribution in [3.05, 3.63) is 34.9 Å². The van der Waals surface area contributed by atoms with E-state index in [1.54, 1.807) is 0 Å². The Morgan fingerprint density at radius 2 is 2.12 bits per heavy atom. The summed E-state index contributed by atoms with van der Waals surface area (Å²) >= 11 is 0. The molecule has 0 bridgehead atoms. The summed E-state index contributed by atoms with van der Waals surface area (Å²) in [6.07, 6.45) is 0. The number of halogens is 1. The van der Waals surface area contributed by atoms with Crippen molar-refractivity contribution >= 4 is 17.6 Å². The SMILES string of the molecule is [C-]#[N+]c1ccc(O)c(C(=O)N=C(N)N)c1F. The highest BCUT2D eigenvalue weighted by Crippen LogP contribution is 2.28. The summed E-state index contributed by atoms with van der Waals surface area (Å²) < 4.78 is 13.5. The number of phenolic OH excluding ortho intramolecular Hbond substituents is 1. The second-order valence-corrected chi connectivity index (χ2v) is 2.75. The summed E-state index contributed by atoms with van der Waals surface area (Å²) in [5.41, 5.74) is 8.77. The number of guanidine groups is 1. The van der Waals surface area contributed by atoms with Gasteiger partial charge in [0.2, 0.25) is 5.69 Å². The van der Waals surface area contributed by atoms with Gasteiger partial charge in [0.15, 0.2) is 5.96 Å². The van der Waals surface area contributed by atoms with Gasteiger partial charge in [-0.2, -0.15) is 4.99 Å². The summed E-state index contributed by atoms with van der Waals surface area (Å²) in [6.45, 7) is 6.64.